The average molecular weight is 586 g/mol. The molecule has 0 saturated carbocycles. The molecule has 11 nitrogen and oxygen atoms in total. The highest BCUT2D eigenvalue weighted by Gasteiger charge is 2.33. The molecule has 2 aliphatic heterocycles. The molecule has 11 heteroatoms. The van der Waals surface area contributed by atoms with Crippen LogP contribution >= 0.6 is 0 Å². The lowest BCUT2D eigenvalue weighted by Gasteiger charge is -2.24. The summed E-state index contributed by atoms with van der Waals surface area (Å²) in [6.45, 7) is 8.46. The molecular weight excluding hydrogens is 546 g/mol. The largest absolute Gasteiger partial charge is 0.444 e. The minimum absolute atomic E-state index is 0.00830. The quantitative estimate of drug-likeness (QED) is 0.366. The SMILES string of the molecule is CCC(=O)N1CCC[C@H]1c1ncc(-c2ccc(C#Cc3cnc([C@@H]4CCCN4C(=O)CNC(=O)OC(C)(C)C)[nH]3)cc2)[nH]1. The number of nitrogens with one attached hydrogen (secondary N) is 3. The maximum Gasteiger partial charge on any atom is 0.408 e. The van der Waals surface area contributed by atoms with Crippen LogP contribution in [0.4, 0.5) is 4.79 Å². The number of alkyl carbamates (subject to hydrolysis) is 1. The van der Waals surface area contributed by atoms with Crippen LogP contribution < -0.4 is 5.32 Å². The van der Waals surface area contributed by atoms with Gasteiger partial charge in [-0.25, -0.2) is 14.8 Å². The number of hydrogen-bond donors (Lipinski definition) is 3. The summed E-state index contributed by atoms with van der Waals surface area (Å²) in [5.41, 5.74) is 2.77. The first-order valence-electron chi connectivity index (χ1n) is 14.9. The molecule has 2 atom stereocenters. The number of nitrogens with zero attached hydrogens (tertiary/aromatic N) is 4. The van der Waals surface area contributed by atoms with Crippen LogP contribution in [0.25, 0.3) is 11.3 Å². The van der Waals surface area contributed by atoms with Crippen molar-refractivity contribution < 1.29 is 19.1 Å². The molecule has 3 aromatic rings. The molecule has 0 aliphatic carbocycles. The zero-order valence-corrected chi connectivity index (χ0v) is 25.2. The van der Waals surface area contributed by atoms with Crippen LogP contribution in [0.15, 0.2) is 36.7 Å². The highest BCUT2D eigenvalue weighted by Crippen LogP contribution is 2.32. The molecule has 0 unspecified atom stereocenters. The summed E-state index contributed by atoms with van der Waals surface area (Å²) >= 11 is 0. The smallest absolute Gasteiger partial charge is 0.408 e. The van der Waals surface area contributed by atoms with E-state index < -0.39 is 11.7 Å². The standard InChI is InChI=1S/C32H39N7O4/c1-5-27(40)38-16-6-9-26(38)30-34-19-24(37-30)22-13-10-21(11-14-22)12-15-23-18-33-29(36-23)25-8-7-17-39(25)28(41)20-35-31(42)43-32(2,3)4/h10-11,13-14,18-19,25-26H,5-9,16-17,20H2,1-4H3,(H,33,36)(H,34,37)(H,35,42)/t25-,26-/m0/s1. The molecule has 4 heterocycles. The van der Waals surface area contributed by atoms with Crippen molar-refractivity contribution in [2.24, 2.45) is 0 Å². The molecule has 43 heavy (non-hydrogen) atoms. The zero-order chi connectivity index (χ0) is 30.6. The van der Waals surface area contributed by atoms with Crippen LogP contribution in [-0.2, 0) is 14.3 Å². The van der Waals surface area contributed by atoms with Crippen molar-refractivity contribution in [3.63, 3.8) is 0 Å². The van der Waals surface area contributed by atoms with Crippen molar-refractivity contribution in [1.29, 1.82) is 0 Å². The molecule has 5 rings (SSSR count). The van der Waals surface area contributed by atoms with Crippen LogP contribution in [0.3, 0.4) is 0 Å². The fraction of sp³-hybridized carbons (Fsp3) is 0.469. The monoisotopic (exact) mass is 585 g/mol. The molecule has 1 aromatic carbocycles. The number of amides is 3. The molecule has 0 radical (unpaired) electrons. The van der Waals surface area contributed by atoms with Gasteiger partial charge in [-0.15, -0.1) is 0 Å². The summed E-state index contributed by atoms with van der Waals surface area (Å²) in [4.78, 5) is 56.5. The van der Waals surface area contributed by atoms with Gasteiger partial charge in [0.25, 0.3) is 0 Å². The van der Waals surface area contributed by atoms with Gasteiger partial charge in [0, 0.05) is 25.1 Å². The highest BCUT2D eigenvalue weighted by molar-refractivity contribution is 5.83. The van der Waals surface area contributed by atoms with Crippen molar-refractivity contribution in [3.8, 4) is 23.1 Å². The number of benzene rings is 1. The topological polar surface area (TPSA) is 136 Å². The maximum atomic E-state index is 12.8. The summed E-state index contributed by atoms with van der Waals surface area (Å²) in [6, 6.07) is 7.72. The van der Waals surface area contributed by atoms with E-state index in [0.29, 0.717) is 24.5 Å². The lowest BCUT2D eigenvalue weighted by molar-refractivity contribution is -0.132. The van der Waals surface area contributed by atoms with E-state index in [-0.39, 0.29) is 30.4 Å². The first kappa shape index (κ1) is 29.9. The molecule has 226 valence electrons. The van der Waals surface area contributed by atoms with Crippen molar-refractivity contribution in [2.45, 2.75) is 77.5 Å². The van der Waals surface area contributed by atoms with Crippen LogP contribution in [0.1, 0.15) is 94.8 Å². The molecular formula is C32H39N7O4. The van der Waals surface area contributed by atoms with Crippen LogP contribution in [-0.4, -0.2) is 72.9 Å². The predicted octanol–water partition coefficient (Wildman–Crippen LogP) is 4.46. The first-order valence-corrected chi connectivity index (χ1v) is 14.9. The van der Waals surface area contributed by atoms with Gasteiger partial charge in [0.2, 0.25) is 11.8 Å². The van der Waals surface area contributed by atoms with Crippen LogP contribution in [0.2, 0.25) is 0 Å². The van der Waals surface area contributed by atoms with Gasteiger partial charge in [-0.05, 0) is 70.1 Å². The Morgan fingerprint density at radius 3 is 2.21 bits per heavy atom. The second-order valence-electron chi connectivity index (χ2n) is 11.9. The van der Waals surface area contributed by atoms with E-state index in [1.807, 2.05) is 42.3 Å². The number of hydrogen-bond acceptors (Lipinski definition) is 6. The Morgan fingerprint density at radius 2 is 1.56 bits per heavy atom. The van der Waals surface area contributed by atoms with E-state index in [0.717, 1.165) is 54.9 Å². The molecule has 2 saturated heterocycles. The summed E-state index contributed by atoms with van der Waals surface area (Å²) in [5, 5.41) is 2.54. The van der Waals surface area contributed by atoms with Gasteiger partial charge in [0.05, 0.1) is 30.2 Å². The number of ether oxygens (including phenoxy) is 1. The normalized spacial score (nSPS) is 18.3. The second kappa shape index (κ2) is 12.7. The van der Waals surface area contributed by atoms with Gasteiger partial charge in [-0.1, -0.05) is 25.0 Å². The number of aromatic amines is 2. The Morgan fingerprint density at radius 1 is 0.930 bits per heavy atom. The highest BCUT2D eigenvalue weighted by atomic mass is 16.6. The number of imidazole rings is 2. The Balaban J connectivity index is 1.19. The number of rotatable bonds is 6. The van der Waals surface area contributed by atoms with E-state index in [1.165, 1.54) is 0 Å². The number of carbonyl (C=O) groups excluding carboxylic acids is 3. The molecule has 0 spiro atoms. The lowest BCUT2D eigenvalue weighted by Crippen LogP contribution is -2.41. The maximum absolute atomic E-state index is 12.8. The summed E-state index contributed by atoms with van der Waals surface area (Å²) in [6.07, 6.45) is 6.92. The number of carbonyl (C=O) groups is 3. The van der Waals surface area contributed by atoms with Crippen LogP contribution in [0, 0.1) is 11.8 Å². The Hall–Kier alpha value is -4.59. The van der Waals surface area contributed by atoms with E-state index in [4.69, 9.17) is 4.74 Å². The van der Waals surface area contributed by atoms with Gasteiger partial charge in [-0.2, -0.15) is 0 Å². The molecule has 2 aliphatic rings. The third kappa shape index (κ3) is 7.25. The molecule has 0 bridgehead atoms. The fourth-order valence-corrected chi connectivity index (χ4v) is 5.56. The number of likely N-dealkylation sites (tertiary alicyclic amines) is 2. The minimum atomic E-state index is -0.629. The Bertz CT molecular complexity index is 1520. The summed E-state index contributed by atoms with van der Waals surface area (Å²) in [5.74, 6) is 7.79. The van der Waals surface area contributed by atoms with E-state index in [1.54, 1.807) is 31.9 Å². The number of H-pyrrole nitrogens is 2. The van der Waals surface area contributed by atoms with E-state index >= 15 is 0 Å². The molecule has 3 amide bonds. The molecule has 3 N–H and O–H groups in total. The van der Waals surface area contributed by atoms with Crippen molar-refractivity contribution >= 4 is 17.9 Å². The number of aromatic nitrogens is 4. The zero-order valence-electron chi connectivity index (χ0n) is 25.2. The Kier molecular flexibility index (Phi) is 8.85. The fourth-order valence-electron chi connectivity index (χ4n) is 5.56. The summed E-state index contributed by atoms with van der Waals surface area (Å²) in [7, 11) is 0. The van der Waals surface area contributed by atoms with Gasteiger partial charge in [-0.3, -0.25) is 9.59 Å². The molecule has 2 fully saturated rings. The van der Waals surface area contributed by atoms with E-state index in [2.05, 4.69) is 37.1 Å². The van der Waals surface area contributed by atoms with E-state index in [9.17, 15) is 14.4 Å². The van der Waals surface area contributed by atoms with Crippen LogP contribution in [0.5, 0.6) is 0 Å². The summed E-state index contributed by atoms with van der Waals surface area (Å²) < 4.78 is 5.22. The average Bonchev–Trinajstić information content (AvgIpc) is 3.79. The van der Waals surface area contributed by atoms with Crippen molar-refractivity contribution in [2.75, 3.05) is 19.6 Å². The molecule has 2 aromatic heterocycles. The van der Waals surface area contributed by atoms with Crippen molar-refractivity contribution in [1.82, 2.24) is 35.1 Å². The first-order chi connectivity index (χ1) is 20.6. The second-order valence-corrected chi connectivity index (χ2v) is 11.9. The van der Waals surface area contributed by atoms with Crippen molar-refractivity contribution in [3.05, 3.63) is 59.6 Å². The lowest BCUT2D eigenvalue weighted by atomic mass is 10.1. The van der Waals surface area contributed by atoms with Gasteiger partial charge in [0.15, 0.2) is 0 Å². The predicted molar refractivity (Wildman–Crippen MR) is 160 cm³/mol. The van der Waals surface area contributed by atoms with Gasteiger partial charge in [0.1, 0.15) is 29.5 Å². The van der Waals surface area contributed by atoms with Gasteiger partial charge >= 0.3 is 6.09 Å². The Labute approximate surface area is 251 Å². The minimum Gasteiger partial charge on any atom is -0.444 e. The third-order valence-corrected chi connectivity index (χ3v) is 7.59. The third-order valence-electron chi connectivity index (χ3n) is 7.59. The van der Waals surface area contributed by atoms with Gasteiger partial charge < -0.3 is 29.8 Å².